The number of hydrogen-bond acceptors (Lipinski definition) is 4. The Balaban J connectivity index is 4.33. The van der Waals surface area contributed by atoms with Crippen molar-refractivity contribution in [1.29, 1.82) is 0 Å². The van der Waals surface area contributed by atoms with Crippen molar-refractivity contribution in [3.8, 4) is 0 Å². The van der Waals surface area contributed by atoms with Gasteiger partial charge in [0.15, 0.2) is 0 Å². The molecule has 0 aromatic rings. The average Bonchev–Trinajstić information content (AvgIpc) is 2.29. The van der Waals surface area contributed by atoms with Gasteiger partial charge < -0.3 is 9.64 Å². The second kappa shape index (κ2) is 8.06. The van der Waals surface area contributed by atoms with Crippen molar-refractivity contribution >= 4 is 11.9 Å². The van der Waals surface area contributed by atoms with Crippen molar-refractivity contribution in [1.82, 2.24) is 9.80 Å². The van der Waals surface area contributed by atoms with Crippen molar-refractivity contribution < 1.29 is 14.3 Å². The molecule has 0 rings (SSSR count). The minimum atomic E-state index is -0.306. The molecule has 0 saturated heterocycles. The van der Waals surface area contributed by atoms with Crippen LogP contribution in [0.2, 0.25) is 0 Å². The molecule has 5 heteroatoms. The number of amides is 1. The lowest BCUT2D eigenvalue weighted by Gasteiger charge is -2.28. The standard InChI is InChI=1S/C12H24N2O3/c1-6-14(7-2)12(16)10(4)13(5)9-11(15)17-8-3/h10H,6-9H2,1-5H3. The van der Waals surface area contributed by atoms with Crippen LogP contribution in [0, 0.1) is 0 Å². The molecule has 0 radical (unpaired) electrons. The van der Waals surface area contributed by atoms with Gasteiger partial charge in [-0.15, -0.1) is 0 Å². The van der Waals surface area contributed by atoms with Crippen molar-refractivity contribution in [3.63, 3.8) is 0 Å². The zero-order chi connectivity index (χ0) is 13.4. The molecule has 0 bridgehead atoms. The highest BCUT2D eigenvalue weighted by Gasteiger charge is 2.23. The lowest BCUT2D eigenvalue weighted by Crippen LogP contribution is -2.47. The molecular formula is C12H24N2O3. The van der Waals surface area contributed by atoms with Gasteiger partial charge in [-0.3, -0.25) is 14.5 Å². The van der Waals surface area contributed by atoms with E-state index in [1.54, 1.807) is 30.7 Å². The van der Waals surface area contributed by atoms with Gasteiger partial charge in [-0.05, 0) is 34.7 Å². The fourth-order valence-corrected chi connectivity index (χ4v) is 1.54. The fraction of sp³-hybridized carbons (Fsp3) is 0.833. The summed E-state index contributed by atoms with van der Waals surface area (Å²) in [5.41, 5.74) is 0. The maximum Gasteiger partial charge on any atom is 0.320 e. The summed E-state index contributed by atoms with van der Waals surface area (Å²) in [7, 11) is 1.75. The van der Waals surface area contributed by atoms with E-state index >= 15 is 0 Å². The van der Waals surface area contributed by atoms with Crippen LogP contribution in [0.1, 0.15) is 27.7 Å². The highest BCUT2D eigenvalue weighted by atomic mass is 16.5. The zero-order valence-corrected chi connectivity index (χ0v) is 11.5. The normalized spacial score (nSPS) is 12.4. The van der Waals surface area contributed by atoms with Gasteiger partial charge in [0, 0.05) is 13.1 Å². The topological polar surface area (TPSA) is 49.9 Å². The molecule has 0 aromatic heterocycles. The first-order chi connectivity index (χ1) is 7.97. The lowest BCUT2D eigenvalue weighted by molar-refractivity contribution is -0.146. The van der Waals surface area contributed by atoms with E-state index in [9.17, 15) is 9.59 Å². The molecule has 0 spiro atoms. The maximum absolute atomic E-state index is 12.0. The van der Waals surface area contributed by atoms with Gasteiger partial charge in [0.05, 0.1) is 19.2 Å². The van der Waals surface area contributed by atoms with Gasteiger partial charge in [-0.1, -0.05) is 0 Å². The third-order valence-electron chi connectivity index (χ3n) is 2.78. The summed E-state index contributed by atoms with van der Waals surface area (Å²) in [5, 5.41) is 0. The Morgan fingerprint density at radius 3 is 2.12 bits per heavy atom. The Labute approximate surface area is 104 Å². The van der Waals surface area contributed by atoms with Crippen LogP contribution in [-0.4, -0.2) is 61.0 Å². The molecule has 0 fully saturated rings. The van der Waals surface area contributed by atoms with E-state index in [0.717, 1.165) is 0 Å². The predicted octanol–water partition coefficient (Wildman–Crippen LogP) is 0.738. The minimum absolute atomic E-state index is 0.0433. The summed E-state index contributed by atoms with van der Waals surface area (Å²) in [4.78, 5) is 26.8. The summed E-state index contributed by atoms with van der Waals surface area (Å²) in [6, 6.07) is -0.306. The smallest absolute Gasteiger partial charge is 0.320 e. The van der Waals surface area contributed by atoms with Gasteiger partial charge in [0.2, 0.25) is 5.91 Å². The molecule has 0 aromatic carbocycles. The Kier molecular flexibility index (Phi) is 7.54. The Morgan fingerprint density at radius 2 is 1.71 bits per heavy atom. The summed E-state index contributed by atoms with van der Waals surface area (Å²) in [6.07, 6.45) is 0. The third kappa shape index (κ3) is 5.17. The summed E-state index contributed by atoms with van der Waals surface area (Å²) in [6.45, 7) is 9.34. The minimum Gasteiger partial charge on any atom is -0.465 e. The number of carbonyl (C=O) groups is 2. The molecular weight excluding hydrogens is 220 g/mol. The van der Waals surface area contributed by atoms with Crippen LogP contribution >= 0.6 is 0 Å². The lowest BCUT2D eigenvalue weighted by atomic mass is 10.2. The Bertz CT molecular complexity index is 252. The number of nitrogens with zero attached hydrogens (tertiary/aromatic N) is 2. The number of esters is 1. The number of ether oxygens (including phenoxy) is 1. The quantitative estimate of drug-likeness (QED) is 0.620. The van der Waals surface area contributed by atoms with Crippen LogP contribution in [0.15, 0.2) is 0 Å². The monoisotopic (exact) mass is 244 g/mol. The highest BCUT2D eigenvalue weighted by Crippen LogP contribution is 2.02. The first-order valence-corrected chi connectivity index (χ1v) is 6.12. The molecule has 1 atom stereocenters. The van der Waals surface area contributed by atoms with E-state index in [4.69, 9.17) is 4.74 Å². The molecule has 5 nitrogen and oxygen atoms in total. The van der Waals surface area contributed by atoms with Gasteiger partial charge >= 0.3 is 5.97 Å². The maximum atomic E-state index is 12.0. The number of rotatable bonds is 7. The first kappa shape index (κ1) is 15.9. The van der Waals surface area contributed by atoms with Crippen LogP contribution in [0.3, 0.4) is 0 Å². The molecule has 0 aliphatic carbocycles. The Morgan fingerprint density at radius 1 is 1.18 bits per heavy atom. The molecule has 0 heterocycles. The van der Waals surface area contributed by atoms with E-state index in [1.165, 1.54) is 0 Å². The van der Waals surface area contributed by atoms with Crippen LogP contribution in [0.4, 0.5) is 0 Å². The second-order valence-corrected chi connectivity index (χ2v) is 3.91. The van der Waals surface area contributed by atoms with Crippen LogP contribution < -0.4 is 0 Å². The van der Waals surface area contributed by atoms with Crippen molar-refractivity contribution in [2.24, 2.45) is 0 Å². The second-order valence-electron chi connectivity index (χ2n) is 3.91. The number of likely N-dealkylation sites (N-methyl/N-ethyl adjacent to an activating group) is 2. The van der Waals surface area contributed by atoms with E-state index in [-0.39, 0.29) is 24.5 Å². The fourth-order valence-electron chi connectivity index (χ4n) is 1.54. The largest absolute Gasteiger partial charge is 0.465 e. The van der Waals surface area contributed by atoms with E-state index < -0.39 is 0 Å². The molecule has 0 N–H and O–H groups in total. The summed E-state index contributed by atoms with van der Waals surface area (Å²) >= 11 is 0. The Hall–Kier alpha value is -1.10. The first-order valence-electron chi connectivity index (χ1n) is 6.12. The van der Waals surface area contributed by atoms with Gasteiger partial charge in [0.25, 0.3) is 0 Å². The summed E-state index contributed by atoms with van der Waals surface area (Å²) in [5.74, 6) is -0.254. The molecule has 0 aliphatic heterocycles. The molecule has 1 unspecified atom stereocenters. The number of carbonyl (C=O) groups excluding carboxylic acids is 2. The van der Waals surface area contributed by atoms with Crippen molar-refractivity contribution in [2.45, 2.75) is 33.7 Å². The van der Waals surface area contributed by atoms with Crippen LogP contribution in [0.5, 0.6) is 0 Å². The summed E-state index contributed by atoms with van der Waals surface area (Å²) < 4.78 is 4.85. The van der Waals surface area contributed by atoms with E-state index in [1.807, 2.05) is 13.8 Å². The van der Waals surface area contributed by atoms with Gasteiger partial charge in [-0.25, -0.2) is 0 Å². The molecule has 17 heavy (non-hydrogen) atoms. The van der Waals surface area contributed by atoms with Crippen LogP contribution in [0.25, 0.3) is 0 Å². The SMILES string of the molecule is CCOC(=O)CN(C)C(C)C(=O)N(CC)CC. The van der Waals surface area contributed by atoms with Crippen LogP contribution in [-0.2, 0) is 14.3 Å². The van der Waals surface area contributed by atoms with Crippen molar-refractivity contribution in [2.75, 3.05) is 33.3 Å². The average molecular weight is 244 g/mol. The van der Waals surface area contributed by atoms with E-state index in [2.05, 4.69) is 0 Å². The molecule has 0 aliphatic rings. The predicted molar refractivity (Wildman–Crippen MR) is 66.7 cm³/mol. The molecule has 100 valence electrons. The molecule has 1 amide bonds. The molecule has 0 saturated carbocycles. The highest BCUT2D eigenvalue weighted by molar-refractivity contribution is 5.82. The zero-order valence-electron chi connectivity index (χ0n) is 11.5. The number of hydrogen-bond donors (Lipinski definition) is 0. The van der Waals surface area contributed by atoms with Gasteiger partial charge in [-0.2, -0.15) is 0 Å². The third-order valence-corrected chi connectivity index (χ3v) is 2.78. The van der Waals surface area contributed by atoms with Crippen molar-refractivity contribution in [3.05, 3.63) is 0 Å². The van der Waals surface area contributed by atoms with Gasteiger partial charge in [0.1, 0.15) is 0 Å². The van der Waals surface area contributed by atoms with E-state index in [0.29, 0.717) is 19.7 Å².